The van der Waals surface area contributed by atoms with Crippen LogP contribution in [0.2, 0.25) is 0 Å². The fourth-order valence-electron chi connectivity index (χ4n) is 2.47. The van der Waals surface area contributed by atoms with Gasteiger partial charge in [0.15, 0.2) is 5.54 Å². The zero-order valence-electron chi connectivity index (χ0n) is 12.1. The molecule has 2 aromatic carbocycles. The van der Waals surface area contributed by atoms with E-state index in [-0.39, 0.29) is 5.82 Å². The van der Waals surface area contributed by atoms with Crippen LogP contribution in [-0.4, -0.2) is 11.1 Å². The highest BCUT2D eigenvalue weighted by atomic mass is 19.1. The Bertz CT molecular complexity index is 622. The van der Waals surface area contributed by atoms with Gasteiger partial charge in [-0.3, -0.25) is 0 Å². The van der Waals surface area contributed by atoms with Crippen LogP contribution in [0.3, 0.4) is 0 Å². The number of carboxylic acid groups (broad SMARTS) is 1. The highest BCUT2D eigenvalue weighted by Gasteiger charge is 2.38. The minimum atomic E-state index is -1.28. The molecule has 2 N–H and O–H groups in total. The molecule has 0 saturated carbocycles. The summed E-state index contributed by atoms with van der Waals surface area (Å²) in [5.74, 6) is -1.38. The van der Waals surface area contributed by atoms with E-state index in [1.54, 1.807) is 44.2 Å². The minimum absolute atomic E-state index is 0.335. The molecule has 0 aliphatic rings. The van der Waals surface area contributed by atoms with E-state index in [2.05, 4.69) is 5.32 Å². The van der Waals surface area contributed by atoms with Crippen LogP contribution in [0, 0.1) is 12.7 Å². The Kier molecular flexibility index (Phi) is 4.26. The lowest BCUT2D eigenvalue weighted by Crippen LogP contribution is -2.43. The van der Waals surface area contributed by atoms with E-state index in [0.29, 0.717) is 17.7 Å². The fourth-order valence-corrected chi connectivity index (χ4v) is 2.47. The number of aliphatic carboxylic acids is 1. The topological polar surface area (TPSA) is 49.3 Å². The van der Waals surface area contributed by atoms with Crippen molar-refractivity contribution in [2.24, 2.45) is 0 Å². The van der Waals surface area contributed by atoms with Gasteiger partial charge in [-0.15, -0.1) is 0 Å². The summed E-state index contributed by atoms with van der Waals surface area (Å²) in [5.41, 5.74) is 0.560. The van der Waals surface area contributed by atoms with Crippen molar-refractivity contribution in [1.82, 2.24) is 0 Å². The lowest BCUT2D eigenvalue weighted by atomic mass is 9.87. The van der Waals surface area contributed by atoms with Gasteiger partial charge in [0.1, 0.15) is 5.82 Å². The molecule has 0 aromatic heterocycles. The van der Waals surface area contributed by atoms with Crippen LogP contribution in [0.1, 0.15) is 24.5 Å². The Balaban J connectivity index is 2.49. The molecule has 3 nitrogen and oxygen atoms in total. The molecule has 0 spiro atoms. The first-order chi connectivity index (χ1) is 9.98. The van der Waals surface area contributed by atoms with E-state index in [9.17, 15) is 14.3 Å². The Morgan fingerprint density at radius 3 is 2.43 bits per heavy atom. The Labute approximate surface area is 123 Å². The number of halogens is 1. The molecule has 0 heterocycles. The molecule has 0 saturated heterocycles. The van der Waals surface area contributed by atoms with Crippen molar-refractivity contribution in [3.05, 3.63) is 65.5 Å². The van der Waals surface area contributed by atoms with Gasteiger partial charge in [0.25, 0.3) is 0 Å². The monoisotopic (exact) mass is 287 g/mol. The van der Waals surface area contributed by atoms with Crippen LogP contribution < -0.4 is 5.32 Å². The standard InChI is InChI=1S/C17H18FNO2/c1-3-17(16(20)21,13-7-5-4-6-8-13)19-15-10-12(2)9-14(18)11-15/h4-11,19H,3H2,1-2H3,(H,20,21). The van der Waals surface area contributed by atoms with Gasteiger partial charge in [-0.2, -0.15) is 0 Å². The number of aryl methyl sites for hydroxylation is 1. The van der Waals surface area contributed by atoms with Crippen LogP contribution in [0.15, 0.2) is 48.5 Å². The van der Waals surface area contributed by atoms with E-state index in [1.165, 1.54) is 12.1 Å². The quantitative estimate of drug-likeness (QED) is 0.875. The van der Waals surface area contributed by atoms with Gasteiger partial charge < -0.3 is 10.4 Å². The molecule has 0 bridgehead atoms. The number of anilines is 1. The van der Waals surface area contributed by atoms with Crippen molar-refractivity contribution in [1.29, 1.82) is 0 Å². The van der Waals surface area contributed by atoms with Crippen LogP contribution in [0.4, 0.5) is 10.1 Å². The lowest BCUT2D eigenvalue weighted by molar-refractivity contribution is -0.142. The third-order valence-corrected chi connectivity index (χ3v) is 3.56. The van der Waals surface area contributed by atoms with Gasteiger partial charge in [-0.1, -0.05) is 37.3 Å². The predicted molar refractivity (Wildman–Crippen MR) is 80.8 cm³/mol. The maximum Gasteiger partial charge on any atom is 0.334 e. The molecule has 0 amide bonds. The molecule has 2 rings (SSSR count). The summed E-state index contributed by atoms with van der Waals surface area (Å²) in [6, 6.07) is 13.4. The molecule has 21 heavy (non-hydrogen) atoms. The summed E-state index contributed by atoms with van der Waals surface area (Å²) in [7, 11) is 0. The van der Waals surface area contributed by atoms with Crippen LogP contribution in [0.25, 0.3) is 0 Å². The van der Waals surface area contributed by atoms with Crippen LogP contribution >= 0.6 is 0 Å². The number of rotatable bonds is 5. The Morgan fingerprint density at radius 1 is 1.24 bits per heavy atom. The summed E-state index contributed by atoms with van der Waals surface area (Å²) in [5, 5.41) is 12.7. The van der Waals surface area contributed by atoms with Crippen LogP contribution in [-0.2, 0) is 10.3 Å². The largest absolute Gasteiger partial charge is 0.479 e. The molecule has 2 aromatic rings. The van der Waals surface area contributed by atoms with Gasteiger partial charge in [0.2, 0.25) is 0 Å². The second-order valence-corrected chi connectivity index (χ2v) is 5.07. The van der Waals surface area contributed by atoms with E-state index >= 15 is 0 Å². The highest BCUT2D eigenvalue weighted by molar-refractivity contribution is 5.84. The van der Waals surface area contributed by atoms with Gasteiger partial charge in [-0.25, -0.2) is 9.18 Å². The normalized spacial score (nSPS) is 13.5. The molecule has 1 atom stereocenters. The van der Waals surface area contributed by atoms with Crippen molar-refractivity contribution in [3.63, 3.8) is 0 Å². The Hall–Kier alpha value is -2.36. The van der Waals surface area contributed by atoms with Gasteiger partial charge in [0, 0.05) is 5.69 Å². The molecular formula is C17H18FNO2. The highest BCUT2D eigenvalue weighted by Crippen LogP contribution is 2.31. The first kappa shape index (κ1) is 15.0. The second kappa shape index (κ2) is 5.95. The molecule has 0 aliphatic heterocycles. The summed E-state index contributed by atoms with van der Waals surface area (Å²) in [6.07, 6.45) is 0.335. The lowest BCUT2D eigenvalue weighted by Gasteiger charge is -2.31. The molecule has 4 heteroatoms. The van der Waals surface area contributed by atoms with Crippen LogP contribution in [0.5, 0.6) is 0 Å². The molecule has 0 aliphatic carbocycles. The minimum Gasteiger partial charge on any atom is -0.479 e. The van der Waals surface area contributed by atoms with E-state index < -0.39 is 11.5 Å². The zero-order valence-corrected chi connectivity index (χ0v) is 12.1. The molecule has 1 unspecified atom stereocenters. The molecular weight excluding hydrogens is 269 g/mol. The second-order valence-electron chi connectivity index (χ2n) is 5.07. The van der Waals surface area contributed by atoms with Gasteiger partial charge in [-0.05, 0) is 42.7 Å². The molecule has 0 fully saturated rings. The van der Waals surface area contributed by atoms with Gasteiger partial charge in [0.05, 0.1) is 0 Å². The average molecular weight is 287 g/mol. The van der Waals surface area contributed by atoms with Crippen molar-refractivity contribution >= 4 is 11.7 Å². The number of hydrogen-bond acceptors (Lipinski definition) is 2. The first-order valence-corrected chi connectivity index (χ1v) is 6.82. The zero-order chi connectivity index (χ0) is 15.5. The third-order valence-electron chi connectivity index (χ3n) is 3.56. The molecule has 0 radical (unpaired) electrons. The van der Waals surface area contributed by atoms with Crippen molar-refractivity contribution in [3.8, 4) is 0 Å². The predicted octanol–water partition coefficient (Wildman–Crippen LogP) is 3.94. The maximum absolute atomic E-state index is 13.5. The number of nitrogens with one attached hydrogen (secondary N) is 1. The van der Waals surface area contributed by atoms with Crippen molar-refractivity contribution < 1.29 is 14.3 Å². The number of benzene rings is 2. The number of carboxylic acids is 1. The number of carbonyl (C=O) groups is 1. The molecule has 110 valence electrons. The summed E-state index contributed by atoms with van der Waals surface area (Å²) in [4.78, 5) is 11.9. The number of hydrogen-bond donors (Lipinski definition) is 2. The van der Waals surface area contributed by atoms with E-state index in [4.69, 9.17) is 0 Å². The third kappa shape index (κ3) is 3.05. The average Bonchev–Trinajstić information content (AvgIpc) is 2.44. The van der Waals surface area contributed by atoms with E-state index in [0.717, 1.165) is 5.56 Å². The summed E-state index contributed by atoms with van der Waals surface area (Å²) >= 11 is 0. The van der Waals surface area contributed by atoms with Gasteiger partial charge >= 0.3 is 5.97 Å². The summed E-state index contributed by atoms with van der Waals surface area (Å²) < 4.78 is 13.5. The summed E-state index contributed by atoms with van der Waals surface area (Å²) in [6.45, 7) is 3.56. The van der Waals surface area contributed by atoms with Crippen molar-refractivity contribution in [2.45, 2.75) is 25.8 Å². The smallest absolute Gasteiger partial charge is 0.334 e. The maximum atomic E-state index is 13.5. The SMILES string of the molecule is CCC(Nc1cc(C)cc(F)c1)(C(=O)O)c1ccccc1. The Morgan fingerprint density at radius 2 is 1.90 bits per heavy atom. The fraction of sp³-hybridized carbons (Fsp3) is 0.235. The first-order valence-electron chi connectivity index (χ1n) is 6.82. The van der Waals surface area contributed by atoms with E-state index in [1.807, 2.05) is 6.07 Å². The van der Waals surface area contributed by atoms with Crippen molar-refractivity contribution in [2.75, 3.05) is 5.32 Å².